The second-order valence-corrected chi connectivity index (χ2v) is 5.03. The zero-order chi connectivity index (χ0) is 14.3. The third kappa shape index (κ3) is 4.94. The van der Waals surface area contributed by atoms with Gasteiger partial charge in [-0.15, -0.1) is 0 Å². The van der Waals surface area contributed by atoms with Crippen molar-refractivity contribution in [3.05, 3.63) is 34.9 Å². The fraction of sp³-hybridized carbons (Fsp3) is 0.533. The summed E-state index contributed by atoms with van der Waals surface area (Å²) in [5.74, 6) is 0.0667. The summed E-state index contributed by atoms with van der Waals surface area (Å²) in [4.78, 5) is 14.3. The van der Waals surface area contributed by atoms with E-state index in [1.54, 1.807) is 24.3 Å². The number of carbonyl (C=O) groups is 1. The van der Waals surface area contributed by atoms with Gasteiger partial charge in [-0.1, -0.05) is 25.4 Å². The number of ketones is 1. The number of carbonyl (C=O) groups excluding carboxylic acids is 1. The van der Waals surface area contributed by atoms with Crippen molar-refractivity contribution in [2.75, 3.05) is 19.7 Å². The van der Waals surface area contributed by atoms with E-state index in [9.17, 15) is 4.79 Å². The molecular weight excluding hydrogens is 262 g/mol. The molecule has 1 rings (SSSR count). The Kier molecular flexibility index (Phi) is 7.06. The van der Waals surface area contributed by atoms with E-state index in [2.05, 4.69) is 18.7 Å². The SMILES string of the molecule is CCC(CC)N(CCO)CC(=O)c1ccc(Cl)cc1. The zero-order valence-electron chi connectivity index (χ0n) is 11.6. The Morgan fingerprint density at radius 2 is 1.84 bits per heavy atom. The molecule has 0 unspecified atom stereocenters. The first-order chi connectivity index (χ1) is 9.12. The fourth-order valence-electron chi connectivity index (χ4n) is 2.24. The number of halogens is 1. The molecule has 0 bridgehead atoms. The van der Waals surface area contributed by atoms with E-state index in [1.165, 1.54) is 0 Å². The number of Topliss-reactive ketones (excluding diaryl/α,β-unsaturated/α-hetero) is 1. The molecule has 3 nitrogen and oxygen atoms in total. The molecule has 0 heterocycles. The van der Waals surface area contributed by atoms with Gasteiger partial charge in [0.1, 0.15) is 0 Å². The van der Waals surface area contributed by atoms with Crippen LogP contribution in [-0.4, -0.2) is 41.5 Å². The maximum Gasteiger partial charge on any atom is 0.176 e. The molecule has 19 heavy (non-hydrogen) atoms. The molecule has 0 fully saturated rings. The highest BCUT2D eigenvalue weighted by Crippen LogP contribution is 2.13. The van der Waals surface area contributed by atoms with E-state index in [1.807, 2.05) is 0 Å². The Morgan fingerprint density at radius 1 is 1.26 bits per heavy atom. The van der Waals surface area contributed by atoms with Gasteiger partial charge in [0, 0.05) is 23.2 Å². The number of benzene rings is 1. The van der Waals surface area contributed by atoms with Crippen LogP contribution in [0.25, 0.3) is 0 Å². The van der Waals surface area contributed by atoms with Crippen molar-refractivity contribution in [2.45, 2.75) is 32.7 Å². The molecule has 0 aliphatic rings. The highest BCUT2D eigenvalue weighted by molar-refractivity contribution is 6.30. The molecule has 0 aliphatic carbocycles. The number of rotatable bonds is 8. The lowest BCUT2D eigenvalue weighted by atomic mass is 10.1. The number of nitrogens with zero attached hydrogens (tertiary/aromatic N) is 1. The van der Waals surface area contributed by atoms with Gasteiger partial charge in [-0.05, 0) is 37.1 Å². The molecule has 0 saturated carbocycles. The summed E-state index contributed by atoms with van der Waals surface area (Å²) in [5.41, 5.74) is 0.665. The Balaban J connectivity index is 2.72. The van der Waals surface area contributed by atoms with Crippen LogP contribution in [-0.2, 0) is 0 Å². The minimum Gasteiger partial charge on any atom is -0.395 e. The van der Waals surface area contributed by atoms with Crippen LogP contribution in [0.5, 0.6) is 0 Å². The van der Waals surface area contributed by atoms with Gasteiger partial charge in [-0.25, -0.2) is 0 Å². The van der Waals surface area contributed by atoms with Gasteiger partial charge in [0.15, 0.2) is 5.78 Å². The minimum absolute atomic E-state index is 0.0667. The summed E-state index contributed by atoms with van der Waals surface area (Å²) in [6.07, 6.45) is 1.95. The summed E-state index contributed by atoms with van der Waals surface area (Å²) in [6, 6.07) is 7.27. The molecule has 0 amide bonds. The Labute approximate surface area is 120 Å². The van der Waals surface area contributed by atoms with Gasteiger partial charge in [0.25, 0.3) is 0 Å². The van der Waals surface area contributed by atoms with Crippen molar-refractivity contribution in [3.8, 4) is 0 Å². The summed E-state index contributed by atoms with van der Waals surface area (Å²) in [6.45, 7) is 5.15. The van der Waals surface area contributed by atoms with Crippen LogP contribution in [0.2, 0.25) is 5.02 Å². The molecule has 0 atom stereocenters. The van der Waals surface area contributed by atoms with Crippen molar-refractivity contribution >= 4 is 17.4 Å². The maximum atomic E-state index is 12.2. The van der Waals surface area contributed by atoms with Crippen LogP contribution in [0.1, 0.15) is 37.0 Å². The van der Waals surface area contributed by atoms with E-state index in [0.29, 0.717) is 29.7 Å². The minimum atomic E-state index is 0.0667. The van der Waals surface area contributed by atoms with Gasteiger partial charge in [-0.2, -0.15) is 0 Å². The predicted molar refractivity (Wildman–Crippen MR) is 78.8 cm³/mol. The topological polar surface area (TPSA) is 40.5 Å². The molecular formula is C15H22ClNO2. The van der Waals surface area contributed by atoms with Gasteiger partial charge < -0.3 is 5.11 Å². The summed E-state index contributed by atoms with van der Waals surface area (Å²) in [5, 5.41) is 9.75. The van der Waals surface area contributed by atoms with Crippen LogP contribution in [0.3, 0.4) is 0 Å². The van der Waals surface area contributed by atoms with Crippen molar-refractivity contribution in [2.24, 2.45) is 0 Å². The molecule has 1 aromatic carbocycles. The quantitative estimate of drug-likeness (QED) is 0.746. The number of aliphatic hydroxyl groups is 1. The van der Waals surface area contributed by atoms with E-state index < -0.39 is 0 Å². The summed E-state index contributed by atoms with van der Waals surface area (Å²) in [7, 11) is 0. The molecule has 0 radical (unpaired) electrons. The van der Waals surface area contributed by atoms with Gasteiger partial charge in [0.2, 0.25) is 0 Å². The molecule has 0 spiro atoms. The number of hydrogen-bond acceptors (Lipinski definition) is 3. The van der Waals surface area contributed by atoms with Crippen LogP contribution >= 0.6 is 11.6 Å². The lowest BCUT2D eigenvalue weighted by Gasteiger charge is -2.29. The van der Waals surface area contributed by atoms with Crippen LogP contribution in [0, 0.1) is 0 Å². The van der Waals surface area contributed by atoms with E-state index in [0.717, 1.165) is 12.8 Å². The zero-order valence-corrected chi connectivity index (χ0v) is 12.4. The first-order valence-corrected chi connectivity index (χ1v) is 7.13. The molecule has 1 N–H and O–H groups in total. The average molecular weight is 284 g/mol. The summed E-state index contributed by atoms with van der Waals surface area (Å²) >= 11 is 5.81. The number of hydrogen-bond donors (Lipinski definition) is 1. The highest BCUT2D eigenvalue weighted by Gasteiger charge is 2.18. The Morgan fingerprint density at radius 3 is 2.32 bits per heavy atom. The van der Waals surface area contributed by atoms with Crippen LogP contribution in [0.15, 0.2) is 24.3 Å². The largest absolute Gasteiger partial charge is 0.395 e. The van der Waals surface area contributed by atoms with Gasteiger partial charge >= 0.3 is 0 Å². The molecule has 1 aromatic rings. The van der Waals surface area contributed by atoms with E-state index in [-0.39, 0.29) is 12.4 Å². The second kappa shape index (κ2) is 8.31. The lowest BCUT2D eigenvalue weighted by molar-refractivity contribution is 0.0850. The fourth-order valence-corrected chi connectivity index (χ4v) is 2.36. The lowest BCUT2D eigenvalue weighted by Crippen LogP contribution is -2.40. The third-order valence-corrected chi connectivity index (χ3v) is 3.61. The Hall–Kier alpha value is -0.900. The normalized spacial score (nSPS) is 11.3. The van der Waals surface area contributed by atoms with Gasteiger partial charge in [-0.3, -0.25) is 9.69 Å². The van der Waals surface area contributed by atoms with Crippen molar-refractivity contribution in [1.29, 1.82) is 0 Å². The first kappa shape index (κ1) is 16.2. The average Bonchev–Trinajstić information content (AvgIpc) is 2.41. The standard InChI is InChI=1S/C15H22ClNO2/c1-3-14(4-2)17(9-10-18)11-15(19)12-5-7-13(16)8-6-12/h5-8,14,18H,3-4,9-11H2,1-2H3. The van der Waals surface area contributed by atoms with Crippen molar-refractivity contribution in [1.82, 2.24) is 4.90 Å². The van der Waals surface area contributed by atoms with Crippen LogP contribution in [0.4, 0.5) is 0 Å². The third-order valence-electron chi connectivity index (χ3n) is 3.36. The number of aliphatic hydroxyl groups excluding tert-OH is 1. The van der Waals surface area contributed by atoms with Crippen molar-refractivity contribution in [3.63, 3.8) is 0 Å². The monoisotopic (exact) mass is 283 g/mol. The molecule has 4 heteroatoms. The predicted octanol–water partition coefficient (Wildman–Crippen LogP) is 3.01. The second-order valence-electron chi connectivity index (χ2n) is 4.59. The maximum absolute atomic E-state index is 12.2. The van der Waals surface area contributed by atoms with Crippen molar-refractivity contribution < 1.29 is 9.90 Å². The van der Waals surface area contributed by atoms with E-state index >= 15 is 0 Å². The van der Waals surface area contributed by atoms with E-state index in [4.69, 9.17) is 16.7 Å². The molecule has 0 aromatic heterocycles. The highest BCUT2D eigenvalue weighted by atomic mass is 35.5. The first-order valence-electron chi connectivity index (χ1n) is 6.76. The van der Waals surface area contributed by atoms with Gasteiger partial charge in [0.05, 0.1) is 13.2 Å². The smallest absolute Gasteiger partial charge is 0.176 e. The molecule has 0 aliphatic heterocycles. The molecule has 106 valence electrons. The summed E-state index contributed by atoms with van der Waals surface area (Å²) < 4.78 is 0. The Bertz CT molecular complexity index is 388. The molecule has 0 saturated heterocycles. The van der Waals surface area contributed by atoms with Crippen LogP contribution < -0.4 is 0 Å².